The van der Waals surface area contributed by atoms with Crippen LogP contribution in [0.2, 0.25) is 0 Å². The van der Waals surface area contributed by atoms with E-state index in [0.29, 0.717) is 6.54 Å². The normalized spacial score (nSPS) is 13.8. The first-order chi connectivity index (χ1) is 8.09. The van der Waals surface area contributed by atoms with Crippen LogP contribution in [0.15, 0.2) is 30.3 Å². The van der Waals surface area contributed by atoms with E-state index in [2.05, 4.69) is 30.0 Å². The molecule has 0 heterocycles. The van der Waals surface area contributed by atoms with Gasteiger partial charge in [-0.05, 0) is 25.5 Å². The van der Waals surface area contributed by atoms with E-state index in [0.717, 1.165) is 25.1 Å². The van der Waals surface area contributed by atoms with Crippen LogP contribution in [0.5, 0.6) is 0 Å². The van der Waals surface area contributed by atoms with Crippen molar-refractivity contribution < 1.29 is 0 Å². The van der Waals surface area contributed by atoms with Gasteiger partial charge in [-0.1, -0.05) is 31.5 Å². The fraction of sp³-hybridized carbons (Fsp3) is 0.500. The van der Waals surface area contributed by atoms with E-state index in [1.165, 1.54) is 0 Å². The van der Waals surface area contributed by atoms with E-state index in [1.54, 1.807) is 6.92 Å². The lowest BCUT2D eigenvalue weighted by molar-refractivity contribution is 0.563. The molecule has 0 fully saturated rings. The van der Waals surface area contributed by atoms with Gasteiger partial charge in [-0.15, -0.1) is 0 Å². The van der Waals surface area contributed by atoms with Gasteiger partial charge < -0.3 is 10.6 Å². The Morgan fingerprint density at radius 1 is 1.35 bits per heavy atom. The summed E-state index contributed by atoms with van der Waals surface area (Å²) in [7, 11) is 0. The van der Waals surface area contributed by atoms with Crippen molar-refractivity contribution in [2.75, 3.05) is 18.0 Å². The van der Waals surface area contributed by atoms with Gasteiger partial charge in [0.25, 0.3) is 0 Å². The molecule has 0 saturated carbocycles. The van der Waals surface area contributed by atoms with Crippen LogP contribution in [-0.4, -0.2) is 18.6 Å². The summed E-state index contributed by atoms with van der Waals surface area (Å²) in [4.78, 5) is 2.19. The second kappa shape index (κ2) is 6.27. The van der Waals surface area contributed by atoms with Crippen molar-refractivity contribution in [1.29, 1.82) is 5.26 Å². The number of benzene rings is 1. The molecule has 0 saturated heterocycles. The summed E-state index contributed by atoms with van der Waals surface area (Å²) in [5, 5.41) is 9.01. The Hall–Kier alpha value is -1.53. The molecule has 0 aliphatic rings. The second-order valence-corrected chi connectivity index (χ2v) is 4.64. The molecule has 1 unspecified atom stereocenters. The molecule has 1 atom stereocenters. The number of nitrogens with zero attached hydrogens (tertiary/aromatic N) is 2. The highest BCUT2D eigenvalue weighted by Crippen LogP contribution is 2.16. The maximum Gasteiger partial charge on any atom is 0.119 e. The summed E-state index contributed by atoms with van der Waals surface area (Å²) in [6.07, 6.45) is 2.24. The summed E-state index contributed by atoms with van der Waals surface area (Å²) in [6, 6.07) is 12.3. The minimum atomic E-state index is -0.802. The number of hydrogen-bond acceptors (Lipinski definition) is 3. The predicted molar refractivity (Wildman–Crippen MR) is 71.8 cm³/mol. The van der Waals surface area contributed by atoms with Crippen LogP contribution in [-0.2, 0) is 0 Å². The molecule has 1 rings (SSSR count). The highest BCUT2D eigenvalue weighted by Gasteiger charge is 2.21. The Kier molecular flexibility index (Phi) is 4.99. The molecule has 0 spiro atoms. The van der Waals surface area contributed by atoms with Crippen LogP contribution in [0.4, 0.5) is 5.69 Å². The minimum Gasteiger partial charge on any atom is -0.369 e. The lowest BCUT2D eigenvalue weighted by Gasteiger charge is -2.30. The summed E-state index contributed by atoms with van der Waals surface area (Å²) < 4.78 is 0. The molecule has 2 N–H and O–H groups in total. The monoisotopic (exact) mass is 231 g/mol. The first-order valence-electron chi connectivity index (χ1n) is 6.09. The van der Waals surface area contributed by atoms with Crippen molar-refractivity contribution in [3.05, 3.63) is 30.3 Å². The largest absolute Gasteiger partial charge is 0.369 e. The maximum absolute atomic E-state index is 9.01. The zero-order chi connectivity index (χ0) is 12.7. The van der Waals surface area contributed by atoms with Gasteiger partial charge in [-0.25, -0.2) is 0 Å². The number of hydrogen-bond donors (Lipinski definition) is 1. The minimum absolute atomic E-state index is 0.563. The highest BCUT2D eigenvalue weighted by atomic mass is 15.1. The summed E-state index contributed by atoms with van der Waals surface area (Å²) >= 11 is 0. The molecule has 17 heavy (non-hydrogen) atoms. The molecule has 0 bridgehead atoms. The molecule has 1 aromatic rings. The van der Waals surface area contributed by atoms with Crippen molar-refractivity contribution in [1.82, 2.24) is 0 Å². The van der Waals surface area contributed by atoms with Crippen LogP contribution in [0.1, 0.15) is 26.7 Å². The number of rotatable bonds is 6. The van der Waals surface area contributed by atoms with Crippen LogP contribution in [0, 0.1) is 11.3 Å². The third-order valence-electron chi connectivity index (χ3n) is 2.68. The van der Waals surface area contributed by atoms with Crippen molar-refractivity contribution >= 4 is 5.69 Å². The van der Waals surface area contributed by atoms with E-state index in [1.807, 2.05) is 18.2 Å². The number of anilines is 1. The number of nitriles is 1. The van der Waals surface area contributed by atoms with Crippen LogP contribution < -0.4 is 10.6 Å². The molecule has 0 radical (unpaired) electrons. The van der Waals surface area contributed by atoms with Crippen molar-refractivity contribution in [3.8, 4) is 6.07 Å². The first-order valence-corrected chi connectivity index (χ1v) is 6.09. The molecule has 92 valence electrons. The molecule has 3 nitrogen and oxygen atoms in total. The number of para-hydroxylation sites is 1. The van der Waals surface area contributed by atoms with Gasteiger partial charge >= 0.3 is 0 Å². The first kappa shape index (κ1) is 13.5. The fourth-order valence-electron chi connectivity index (χ4n) is 1.72. The van der Waals surface area contributed by atoms with Crippen molar-refractivity contribution in [2.24, 2.45) is 5.73 Å². The van der Waals surface area contributed by atoms with Crippen molar-refractivity contribution in [2.45, 2.75) is 32.2 Å². The van der Waals surface area contributed by atoms with Gasteiger partial charge in [0, 0.05) is 18.8 Å². The lowest BCUT2D eigenvalue weighted by atomic mass is 10.0. The Labute approximate surface area is 104 Å². The number of nitrogens with two attached hydrogens (primary N) is 1. The lowest BCUT2D eigenvalue weighted by Crippen LogP contribution is -2.47. The van der Waals surface area contributed by atoms with Gasteiger partial charge in [0.1, 0.15) is 5.54 Å². The molecular weight excluding hydrogens is 210 g/mol. The topological polar surface area (TPSA) is 53.0 Å². The fourth-order valence-corrected chi connectivity index (χ4v) is 1.72. The quantitative estimate of drug-likeness (QED) is 0.818. The molecular formula is C14H21N3. The standard InChI is InChI=1S/C14H21N3/c1-3-4-10-17(12-14(2,16)11-15)13-8-6-5-7-9-13/h5-9H,3-4,10,12,16H2,1-2H3. The van der Waals surface area contributed by atoms with Crippen molar-refractivity contribution in [3.63, 3.8) is 0 Å². The Morgan fingerprint density at radius 3 is 2.53 bits per heavy atom. The van der Waals surface area contributed by atoms with Gasteiger partial charge in [0.05, 0.1) is 6.07 Å². The third-order valence-corrected chi connectivity index (χ3v) is 2.68. The van der Waals surface area contributed by atoms with Gasteiger partial charge in [0.2, 0.25) is 0 Å². The second-order valence-electron chi connectivity index (χ2n) is 4.64. The Balaban J connectivity index is 2.78. The van der Waals surface area contributed by atoms with Gasteiger partial charge in [-0.2, -0.15) is 5.26 Å². The molecule has 0 aromatic heterocycles. The third kappa shape index (κ3) is 4.46. The zero-order valence-corrected chi connectivity index (χ0v) is 10.7. The average Bonchev–Trinajstić information content (AvgIpc) is 2.35. The van der Waals surface area contributed by atoms with E-state index < -0.39 is 5.54 Å². The average molecular weight is 231 g/mol. The Bertz CT molecular complexity index is 365. The van der Waals surface area contributed by atoms with Crippen LogP contribution in [0.3, 0.4) is 0 Å². The van der Waals surface area contributed by atoms with Gasteiger partial charge in [0.15, 0.2) is 0 Å². The molecule has 1 aromatic carbocycles. The van der Waals surface area contributed by atoms with E-state index in [9.17, 15) is 0 Å². The van der Waals surface area contributed by atoms with E-state index >= 15 is 0 Å². The summed E-state index contributed by atoms with van der Waals surface area (Å²) in [5.74, 6) is 0. The predicted octanol–water partition coefficient (Wildman–Crippen LogP) is 2.53. The summed E-state index contributed by atoms with van der Waals surface area (Å²) in [5.41, 5.74) is 6.25. The molecule has 3 heteroatoms. The van der Waals surface area contributed by atoms with Crippen LogP contribution in [0.25, 0.3) is 0 Å². The van der Waals surface area contributed by atoms with E-state index in [-0.39, 0.29) is 0 Å². The zero-order valence-electron chi connectivity index (χ0n) is 10.7. The molecule has 0 aliphatic heterocycles. The smallest absolute Gasteiger partial charge is 0.119 e. The molecule has 0 aliphatic carbocycles. The molecule has 0 amide bonds. The van der Waals surface area contributed by atoms with Gasteiger partial charge in [-0.3, -0.25) is 0 Å². The van der Waals surface area contributed by atoms with E-state index in [4.69, 9.17) is 11.0 Å². The number of unbranched alkanes of at least 4 members (excludes halogenated alkanes) is 1. The highest BCUT2D eigenvalue weighted by molar-refractivity contribution is 5.46. The summed E-state index contributed by atoms with van der Waals surface area (Å²) in [6.45, 7) is 5.44. The maximum atomic E-state index is 9.01. The Morgan fingerprint density at radius 2 is 2.00 bits per heavy atom. The SMILES string of the molecule is CCCCN(CC(C)(N)C#N)c1ccccc1. The van der Waals surface area contributed by atoms with Crippen LogP contribution >= 0.6 is 0 Å².